The van der Waals surface area contributed by atoms with Gasteiger partial charge in [-0.1, -0.05) is 6.92 Å². The average molecular weight is 371 g/mol. The molecule has 2 aromatic rings. The van der Waals surface area contributed by atoms with Gasteiger partial charge in [-0.15, -0.1) is 10.2 Å². The minimum absolute atomic E-state index is 0.333. The number of carbonyl (C=O) groups excluding carboxylic acids is 1. The molecule has 1 saturated carbocycles. The van der Waals surface area contributed by atoms with E-state index < -0.39 is 0 Å². The summed E-state index contributed by atoms with van der Waals surface area (Å²) in [4.78, 5) is 18.7. The van der Waals surface area contributed by atoms with Crippen LogP contribution < -0.4 is 0 Å². The molecule has 0 radical (unpaired) electrons. The van der Waals surface area contributed by atoms with Crippen molar-refractivity contribution in [2.45, 2.75) is 71.4 Å². The van der Waals surface area contributed by atoms with Gasteiger partial charge in [-0.3, -0.25) is 4.79 Å². The monoisotopic (exact) mass is 370 g/mol. The van der Waals surface area contributed by atoms with Crippen molar-refractivity contribution in [2.75, 3.05) is 13.1 Å². The van der Waals surface area contributed by atoms with Crippen molar-refractivity contribution >= 4 is 5.91 Å². The second-order valence-corrected chi connectivity index (χ2v) is 8.42. The highest BCUT2D eigenvalue weighted by Gasteiger charge is 2.37. The van der Waals surface area contributed by atoms with E-state index in [0.717, 1.165) is 50.5 Å². The lowest BCUT2D eigenvalue weighted by atomic mass is 9.95. The van der Waals surface area contributed by atoms with E-state index in [9.17, 15) is 4.79 Å². The van der Waals surface area contributed by atoms with E-state index in [1.54, 1.807) is 12.5 Å². The van der Waals surface area contributed by atoms with Crippen LogP contribution in [0.2, 0.25) is 0 Å². The quantitative estimate of drug-likeness (QED) is 0.751. The van der Waals surface area contributed by atoms with Crippen molar-refractivity contribution in [1.82, 2.24) is 29.2 Å². The minimum Gasteiger partial charge on any atom is -0.343 e. The largest absolute Gasteiger partial charge is 0.343 e. The Labute approximate surface area is 160 Å². The zero-order valence-electron chi connectivity index (χ0n) is 16.5. The van der Waals surface area contributed by atoms with Gasteiger partial charge in [0.1, 0.15) is 5.82 Å². The summed E-state index contributed by atoms with van der Waals surface area (Å²) in [5, 5.41) is 8.95. The van der Waals surface area contributed by atoms with Crippen molar-refractivity contribution in [3.05, 3.63) is 30.4 Å². The van der Waals surface area contributed by atoms with E-state index in [0.29, 0.717) is 30.2 Å². The summed E-state index contributed by atoms with van der Waals surface area (Å²) in [6, 6.07) is 0. The van der Waals surface area contributed by atoms with Gasteiger partial charge in [-0.05, 0) is 44.4 Å². The van der Waals surface area contributed by atoms with Gasteiger partial charge in [0.15, 0.2) is 5.82 Å². The Morgan fingerprint density at radius 3 is 2.67 bits per heavy atom. The lowest BCUT2D eigenvalue weighted by Gasteiger charge is -2.32. The molecule has 0 N–H and O–H groups in total. The zero-order valence-corrected chi connectivity index (χ0v) is 16.5. The highest BCUT2D eigenvalue weighted by atomic mass is 16.2. The molecule has 4 rings (SSSR count). The maximum absolute atomic E-state index is 12.5. The van der Waals surface area contributed by atoms with Crippen molar-refractivity contribution < 1.29 is 4.79 Å². The molecule has 7 nitrogen and oxygen atoms in total. The van der Waals surface area contributed by atoms with Crippen LogP contribution >= 0.6 is 0 Å². The smallest absolute Gasteiger partial charge is 0.222 e. The van der Waals surface area contributed by atoms with Crippen LogP contribution in [0.3, 0.4) is 0 Å². The van der Waals surface area contributed by atoms with Crippen LogP contribution in [0.1, 0.15) is 69.9 Å². The Morgan fingerprint density at radius 2 is 2.04 bits per heavy atom. The van der Waals surface area contributed by atoms with Crippen molar-refractivity contribution in [3.63, 3.8) is 0 Å². The van der Waals surface area contributed by atoms with E-state index in [-0.39, 0.29) is 0 Å². The maximum Gasteiger partial charge on any atom is 0.222 e. The minimum atomic E-state index is 0.333. The number of hydrogen-bond donors (Lipinski definition) is 0. The Bertz CT molecular complexity index is 769. The summed E-state index contributed by atoms with van der Waals surface area (Å²) in [5.41, 5.74) is 0.456. The molecule has 27 heavy (non-hydrogen) atoms. The normalized spacial score (nSPS) is 19.4. The van der Waals surface area contributed by atoms with Crippen LogP contribution in [0.4, 0.5) is 0 Å². The molecular formula is C20H30N6O. The first kappa shape index (κ1) is 18.2. The first-order valence-corrected chi connectivity index (χ1v) is 10.2. The number of amides is 1. The lowest BCUT2D eigenvalue weighted by molar-refractivity contribution is -0.132. The van der Waals surface area contributed by atoms with E-state index in [4.69, 9.17) is 0 Å². The second-order valence-electron chi connectivity index (χ2n) is 8.42. The van der Waals surface area contributed by atoms with E-state index in [2.05, 4.69) is 38.5 Å². The molecule has 146 valence electrons. The second kappa shape index (κ2) is 7.44. The number of imidazole rings is 1. The topological polar surface area (TPSA) is 68.8 Å². The first-order chi connectivity index (χ1) is 13.1. The van der Waals surface area contributed by atoms with Gasteiger partial charge in [0.2, 0.25) is 5.91 Å². The number of carbonyl (C=O) groups is 1. The maximum atomic E-state index is 12.5. The summed E-state index contributed by atoms with van der Waals surface area (Å²) in [6.45, 7) is 7.68. The number of hydrogen-bond acceptors (Lipinski definition) is 4. The van der Waals surface area contributed by atoms with Gasteiger partial charge in [-0.25, -0.2) is 4.98 Å². The third kappa shape index (κ3) is 4.06. The summed E-state index contributed by atoms with van der Waals surface area (Å²) >= 11 is 0. The molecule has 0 unspecified atom stereocenters. The number of piperidine rings is 1. The van der Waals surface area contributed by atoms with Crippen molar-refractivity contribution in [1.29, 1.82) is 0 Å². The van der Waals surface area contributed by atoms with Gasteiger partial charge in [0.25, 0.3) is 0 Å². The number of likely N-dealkylation sites (tertiary alicyclic amines) is 1. The average Bonchev–Trinajstić information content (AvgIpc) is 3.08. The molecule has 1 saturated heterocycles. The summed E-state index contributed by atoms with van der Waals surface area (Å²) < 4.78 is 4.25. The molecule has 0 bridgehead atoms. The molecule has 3 heterocycles. The standard InChI is InChI=1S/C20H30N6O/c1-3-26-17(14-24-13-10-21-15-24)22-23-19(26)16-5-11-25(12-6-16)18(27)4-7-20(2)8-9-20/h10,13,15-16H,3-9,11-12,14H2,1-2H3. The molecule has 0 spiro atoms. The van der Waals surface area contributed by atoms with Gasteiger partial charge in [-0.2, -0.15) is 0 Å². The Hall–Kier alpha value is -2.18. The van der Waals surface area contributed by atoms with Crippen LogP contribution in [0.25, 0.3) is 0 Å². The molecule has 2 aliphatic rings. The van der Waals surface area contributed by atoms with Gasteiger partial charge >= 0.3 is 0 Å². The summed E-state index contributed by atoms with van der Waals surface area (Å²) in [5.74, 6) is 2.77. The SMILES string of the molecule is CCn1c(Cn2ccnc2)nnc1C1CCN(C(=O)CCC2(C)CC2)CC1. The number of rotatable bonds is 7. The van der Waals surface area contributed by atoms with Crippen molar-refractivity contribution in [2.24, 2.45) is 5.41 Å². The Morgan fingerprint density at radius 1 is 1.26 bits per heavy atom. The molecule has 2 aromatic heterocycles. The predicted octanol–water partition coefficient (Wildman–Crippen LogP) is 2.83. The molecule has 1 aliphatic heterocycles. The van der Waals surface area contributed by atoms with Crippen LogP contribution in [-0.2, 0) is 17.9 Å². The zero-order chi connectivity index (χ0) is 18.9. The van der Waals surface area contributed by atoms with Crippen LogP contribution in [0.15, 0.2) is 18.7 Å². The Kier molecular flexibility index (Phi) is 5.02. The molecule has 7 heteroatoms. The van der Waals surface area contributed by atoms with Gasteiger partial charge in [0, 0.05) is 44.4 Å². The fraction of sp³-hybridized carbons (Fsp3) is 0.700. The van der Waals surface area contributed by atoms with E-state index >= 15 is 0 Å². The number of nitrogens with zero attached hydrogens (tertiary/aromatic N) is 6. The molecule has 2 fully saturated rings. The molecule has 0 aromatic carbocycles. The summed E-state index contributed by atoms with van der Waals surface area (Å²) in [7, 11) is 0. The third-order valence-electron chi connectivity index (χ3n) is 6.31. The van der Waals surface area contributed by atoms with Crippen molar-refractivity contribution in [3.8, 4) is 0 Å². The fourth-order valence-corrected chi connectivity index (χ4v) is 4.07. The lowest BCUT2D eigenvalue weighted by Crippen LogP contribution is -2.38. The highest BCUT2D eigenvalue weighted by molar-refractivity contribution is 5.76. The van der Waals surface area contributed by atoms with Crippen LogP contribution in [-0.4, -0.2) is 48.2 Å². The van der Waals surface area contributed by atoms with E-state index in [1.165, 1.54) is 12.8 Å². The number of aromatic nitrogens is 5. The fourth-order valence-electron chi connectivity index (χ4n) is 4.07. The summed E-state index contributed by atoms with van der Waals surface area (Å²) in [6.07, 6.45) is 11.8. The molecule has 1 aliphatic carbocycles. The van der Waals surface area contributed by atoms with Crippen LogP contribution in [0, 0.1) is 5.41 Å². The molecular weight excluding hydrogens is 340 g/mol. The van der Waals surface area contributed by atoms with Gasteiger partial charge < -0.3 is 14.0 Å². The first-order valence-electron chi connectivity index (χ1n) is 10.2. The molecule has 1 amide bonds. The Balaban J connectivity index is 1.35. The highest BCUT2D eigenvalue weighted by Crippen LogP contribution is 2.49. The third-order valence-corrected chi connectivity index (χ3v) is 6.31. The van der Waals surface area contributed by atoms with Crippen LogP contribution in [0.5, 0.6) is 0 Å². The van der Waals surface area contributed by atoms with Gasteiger partial charge in [0.05, 0.1) is 12.9 Å². The van der Waals surface area contributed by atoms with E-state index in [1.807, 2.05) is 10.8 Å². The molecule has 0 atom stereocenters. The predicted molar refractivity (Wildman–Crippen MR) is 102 cm³/mol.